The molecule has 0 saturated carbocycles. The van der Waals surface area contributed by atoms with Crippen LogP contribution in [0.2, 0.25) is 0 Å². The molecule has 0 heterocycles. The Labute approximate surface area is 94.8 Å². The third kappa shape index (κ3) is 3.47. The van der Waals surface area contributed by atoms with E-state index < -0.39 is 0 Å². The summed E-state index contributed by atoms with van der Waals surface area (Å²) in [6.07, 6.45) is 0.748. The highest BCUT2D eigenvalue weighted by Crippen LogP contribution is 2.05. The van der Waals surface area contributed by atoms with Gasteiger partial charge in [0.1, 0.15) is 0 Å². The molecule has 0 bridgehead atoms. The minimum atomic E-state index is -0.170. The third-order valence-corrected chi connectivity index (χ3v) is 2.20. The molecule has 1 rings (SSSR count). The summed E-state index contributed by atoms with van der Waals surface area (Å²) < 4.78 is 0. The van der Waals surface area contributed by atoms with E-state index in [1.165, 1.54) is 6.92 Å². The molecule has 0 radical (unpaired) electrons. The van der Waals surface area contributed by atoms with Gasteiger partial charge in [0, 0.05) is 17.7 Å². The standard InChI is InChI=1S/C12H16N2O2/c1-9(15)10-4-2-5-11(8-10)12(16)14-7-3-6-13/h2,4-5,8H,3,6-7,13H2,1H3,(H,14,16). The smallest absolute Gasteiger partial charge is 0.251 e. The molecule has 0 saturated heterocycles. The number of carbonyl (C=O) groups excluding carboxylic acids is 2. The lowest BCUT2D eigenvalue weighted by Crippen LogP contribution is -2.26. The molecule has 0 unspecified atom stereocenters. The lowest BCUT2D eigenvalue weighted by molar-refractivity contribution is 0.0953. The number of hydrogen-bond acceptors (Lipinski definition) is 3. The fourth-order valence-corrected chi connectivity index (χ4v) is 1.29. The van der Waals surface area contributed by atoms with Crippen LogP contribution in [0.4, 0.5) is 0 Å². The van der Waals surface area contributed by atoms with Gasteiger partial charge in [-0.15, -0.1) is 0 Å². The highest BCUT2D eigenvalue weighted by atomic mass is 16.1. The Bertz CT molecular complexity index is 388. The predicted octanol–water partition coefficient (Wildman–Crippen LogP) is 0.968. The Morgan fingerprint density at radius 1 is 1.31 bits per heavy atom. The number of benzene rings is 1. The molecule has 0 aliphatic heterocycles. The Kier molecular flexibility index (Phi) is 4.66. The van der Waals surface area contributed by atoms with E-state index in [0.717, 1.165) is 6.42 Å². The number of hydrogen-bond donors (Lipinski definition) is 2. The van der Waals surface area contributed by atoms with Crippen molar-refractivity contribution in [3.05, 3.63) is 35.4 Å². The van der Waals surface area contributed by atoms with Crippen LogP contribution in [-0.4, -0.2) is 24.8 Å². The van der Waals surface area contributed by atoms with Crippen LogP contribution in [0.15, 0.2) is 24.3 Å². The van der Waals surface area contributed by atoms with Gasteiger partial charge in [-0.25, -0.2) is 0 Å². The van der Waals surface area contributed by atoms with Gasteiger partial charge in [0.15, 0.2) is 5.78 Å². The van der Waals surface area contributed by atoms with Gasteiger partial charge in [-0.1, -0.05) is 12.1 Å². The van der Waals surface area contributed by atoms with Crippen molar-refractivity contribution < 1.29 is 9.59 Å². The molecule has 4 nitrogen and oxygen atoms in total. The lowest BCUT2D eigenvalue weighted by Gasteiger charge is -2.05. The van der Waals surface area contributed by atoms with Gasteiger partial charge >= 0.3 is 0 Å². The molecule has 0 spiro atoms. The SMILES string of the molecule is CC(=O)c1cccc(C(=O)NCCCN)c1. The second-order valence-electron chi connectivity index (χ2n) is 3.54. The van der Waals surface area contributed by atoms with E-state index in [1.807, 2.05) is 0 Å². The Morgan fingerprint density at radius 2 is 2.00 bits per heavy atom. The average molecular weight is 220 g/mol. The third-order valence-electron chi connectivity index (χ3n) is 2.20. The van der Waals surface area contributed by atoms with Crippen LogP contribution < -0.4 is 11.1 Å². The predicted molar refractivity (Wildman–Crippen MR) is 62.5 cm³/mol. The van der Waals surface area contributed by atoms with E-state index in [2.05, 4.69) is 5.32 Å². The van der Waals surface area contributed by atoms with Gasteiger partial charge in [0.05, 0.1) is 0 Å². The van der Waals surface area contributed by atoms with E-state index >= 15 is 0 Å². The van der Waals surface area contributed by atoms with Crippen molar-refractivity contribution in [1.82, 2.24) is 5.32 Å². The van der Waals surface area contributed by atoms with Crippen molar-refractivity contribution >= 4 is 11.7 Å². The molecule has 86 valence electrons. The summed E-state index contributed by atoms with van der Waals surface area (Å²) >= 11 is 0. The van der Waals surface area contributed by atoms with E-state index in [9.17, 15) is 9.59 Å². The Balaban J connectivity index is 2.68. The number of carbonyl (C=O) groups is 2. The van der Waals surface area contributed by atoms with E-state index in [1.54, 1.807) is 24.3 Å². The van der Waals surface area contributed by atoms with Gasteiger partial charge in [-0.2, -0.15) is 0 Å². The highest BCUT2D eigenvalue weighted by Gasteiger charge is 2.06. The maximum atomic E-state index is 11.6. The molecule has 0 fully saturated rings. The molecule has 0 aromatic heterocycles. The van der Waals surface area contributed by atoms with E-state index in [0.29, 0.717) is 24.2 Å². The molecule has 0 atom stereocenters. The quantitative estimate of drug-likeness (QED) is 0.573. The van der Waals surface area contributed by atoms with Crippen LogP contribution in [0.5, 0.6) is 0 Å². The Hall–Kier alpha value is -1.68. The molecule has 16 heavy (non-hydrogen) atoms. The number of ketones is 1. The molecule has 0 aliphatic rings. The summed E-state index contributed by atoms with van der Waals surface area (Å²) in [4.78, 5) is 22.8. The summed E-state index contributed by atoms with van der Waals surface area (Å²) in [6.45, 7) is 2.58. The van der Waals surface area contributed by atoms with Gasteiger partial charge in [-0.3, -0.25) is 9.59 Å². The fraction of sp³-hybridized carbons (Fsp3) is 0.333. The normalized spacial score (nSPS) is 9.88. The summed E-state index contributed by atoms with van der Waals surface area (Å²) in [7, 11) is 0. The lowest BCUT2D eigenvalue weighted by atomic mass is 10.1. The van der Waals surface area contributed by atoms with Crippen molar-refractivity contribution in [1.29, 1.82) is 0 Å². The first-order chi connectivity index (χ1) is 7.65. The summed E-state index contributed by atoms with van der Waals surface area (Å²) in [6, 6.07) is 6.68. The number of rotatable bonds is 5. The number of nitrogens with two attached hydrogens (primary N) is 1. The van der Waals surface area contributed by atoms with Crippen molar-refractivity contribution in [2.24, 2.45) is 5.73 Å². The van der Waals surface area contributed by atoms with Gasteiger partial charge in [0.25, 0.3) is 5.91 Å². The second kappa shape index (κ2) is 6.02. The van der Waals surface area contributed by atoms with Crippen LogP contribution in [0.25, 0.3) is 0 Å². The van der Waals surface area contributed by atoms with Crippen LogP contribution >= 0.6 is 0 Å². The van der Waals surface area contributed by atoms with E-state index in [4.69, 9.17) is 5.73 Å². The molecule has 4 heteroatoms. The summed E-state index contributed by atoms with van der Waals surface area (Å²) in [5, 5.41) is 2.74. The zero-order chi connectivity index (χ0) is 12.0. The second-order valence-corrected chi connectivity index (χ2v) is 3.54. The number of Topliss-reactive ketones (excluding diaryl/α,β-unsaturated/α-hetero) is 1. The van der Waals surface area contributed by atoms with Crippen LogP contribution in [-0.2, 0) is 0 Å². The molecule has 1 aromatic rings. The largest absolute Gasteiger partial charge is 0.352 e. The number of amides is 1. The average Bonchev–Trinajstić information content (AvgIpc) is 2.29. The minimum Gasteiger partial charge on any atom is -0.352 e. The van der Waals surface area contributed by atoms with Crippen LogP contribution in [0.3, 0.4) is 0 Å². The molecule has 3 N–H and O–H groups in total. The zero-order valence-corrected chi connectivity index (χ0v) is 9.32. The first-order valence-corrected chi connectivity index (χ1v) is 5.24. The first-order valence-electron chi connectivity index (χ1n) is 5.24. The van der Waals surface area contributed by atoms with Crippen LogP contribution in [0, 0.1) is 0 Å². The van der Waals surface area contributed by atoms with Gasteiger partial charge in [0.2, 0.25) is 0 Å². The van der Waals surface area contributed by atoms with Crippen molar-refractivity contribution in [2.75, 3.05) is 13.1 Å². The molecule has 1 amide bonds. The Morgan fingerprint density at radius 3 is 2.62 bits per heavy atom. The first kappa shape index (κ1) is 12.4. The zero-order valence-electron chi connectivity index (χ0n) is 9.32. The fourth-order valence-electron chi connectivity index (χ4n) is 1.29. The molecule has 0 aliphatic carbocycles. The summed E-state index contributed by atoms with van der Waals surface area (Å²) in [5.41, 5.74) is 6.37. The topological polar surface area (TPSA) is 72.2 Å². The number of nitrogens with one attached hydrogen (secondary N) is 1. The van der Waals surface area contributed by atoms with Gasteiger partial charge in [-0.05, 0) is 32.0 Å². The maximum absolute atomic E-state index is 11.6. The minimum absolute atomic E-state index is 0.0448. The maximum Gasteiger partial charge on any atom is 0.251 e. The van der Waals surface area contributed by atoms with Crippen molar-refractivity contribution in [3.63, 3.8) is 0 Å². The van der Waals surface area contributed by atoms with Crippen LogP contribution in [0.1, 0.15) is 34.1 Å². The van der Waals surface area contributed by atoms with Crippen molar-refractivity contribution in [2.45, 2.75) is 13.3 Å². The van der Waals surface area contributed by atoms with Crippen molar-refractivity contribution in [3.8, 4) is 0 Å². The monoisotopic (exact) mass is 220 g/mol. The molecular formula is C12H16N2O2. The molecule has 1 aromatic carbocycles. The highest BCUT2D eigenvalue weighted by molar-refractivity contribution is 5.99. The van der Waals surface area contributed by atoms with Gasteiger partial charge < -0.3 is 11.1 Å². The summed E-state index contributed by atoms with van der Waals surface area (Å²) in [5.74, 6) is -0.215. The molecular weight excluding hydrogens is 204 g/mol. The van der Waals surface area contributed by atoms with E-state index in [-0.39, 0.29) is 11.7 Å².